The first kappa shape index (κ1) is 36.5. The molecule has 0 saturated carbocycles. The van der Waals surface area contributed by atoms with Crippen LogP contribution in [0.4, 0.5) is 4.39 Å². The Labute approximate surface area is 355 Å². The number of hydrogen-bond acceptors (Lipinski definition) is 3. The minimum Gasteiger partial charge on any atom is -0.367 e. The van der Waals surface area contributed by atoms with Crippen LogP contribution in [0.1, 0.15) is 40.0 Å². The average Bonchev–Trinajstić information content (AvgIpc) is 3.82. The number of hydrogen-bond donors (Lipinski definition) is 0. The fourth-order valence-corrected chi connectivity index (χ4v) is 15.6. The van der Waals surface area contributed by atoms with Gasteiger partial charge < -0.3 is 4.57 Å². The van der Waals surface area contributed by atoms with Crippen LogP contribution in [0.25, 0.3) is 42.6 Å². The molecule has 0 saturated heterocycles. The molecule has 0 aliphatic carbocycles. The second kappa shape index (κ2) is 14.5. The second-order valence-electron chi connectivity index (χ2n) is 14.8. The summed E-state index contributed by atoms with van der Waals surface area (Å²) < 4.78 is 21.9. The number of fused-ring (bicyclic) bond motifs is 6. The quantitative estimate of drug-likeness (QED) is 0.123. The first-order valence-corrected chi connectivity index (χ1v) is 22.0. The molecule has 58 heavy (non-hydrogen) atoms. The summed E-state index contributed by atoms with van der Waals surface area (Å²) in [5.74, 6) is 0.488. The summed E-state index contributed by atoms with van der Waals surface area (Å²) in [5, 5.41) is 7.62. The Morgan fingerprint density at radius 1 is 0.655 bits per heavy atom. The molecule has 0 N–H and O–H groups in total. The van der Waals surface area contributed by atoms with E-state index in [1.807, 2.05) is 83.7 Å². The molecule has 7 aromatic carbocycles. The summed E-state index contributed by atoms with van der Waals surface area (Å²) in [6.07, 6.45) is 0.397. The van der Waals surface area contributed by atoms with Crippen LogP contribution in [0.2, 0.25) is 0 Å². The van der Waals surface area contributed by atoms with Crippen LogP contribution in [0.15, 0.2) is 176 Å². The zero-order chi connectivity index (χ0) is 38.1. The second-order valence-corrected chi connectivity index (χ2v) is 19.6. The number of aryl methyl sites for hydroxylation is 1. The van der Waals surface area contributed by atoms with Crippen LogP contribution in [0, 0.1) is 12.1 Å². The van der Waals surface area contributed by atoms with Crippen molar-refractivity contribution < 1.29 is 24.8 Å². The van der Waals surface area contributed by atoms with Gasteiger partial charge in [0.15, 0.2) is 0 Å². The van der Waals surface area contributed by atoms with E-state index >= 15 is 4.39 Å². The molecule has 1 aliphatic rings. The van der Waals surface area contributed by atoms with Crippen LogP contribution in [0.5, 0.6) is 0 Å². The molecule has 280 valence electrons. The molecule has 7 heteroatoms. The number of rotatable bonds is 6. The van der Waals surface area contributed by atoms with Crippen molar-refractivity contribution in [3.63, 3.8) is 0 Å². The summed E-state index contributed by atoms with van der Waals surface area (Å²) in [6.45, 7) is 0. The Balaban J connectivity index is 0.00000408. The average molecular weight is 874 g/mol. The SMILES string of the molecule is Cn1c(-c2[c-]c(C(F)c3[c-]c4c(cc3)[Si](c3ccccc3)(c3ccccc3)c3cc5c(cc3C4c3ccccn3)sc3ccccc35)ccc2)nc2ccccc21.[Pd+2]. The van der Waals surface area contributed by atoms with Gasteiger partial charge in [0, 0.05) is 39.3 Å². The number of benzene rings is 7. The van der Waals surface area contributed by atoms with Gasteiger partial charge in [0.05, 0.1) is 22.6 Å². The third kappa shape index (κ3) is 5.61. The Hall–Kier alpha value is -5.81. The fraction of sp³-hybridized carbons (Fsp3) is 0.0588. The molecule has 0 bridgehead atoms. The van der Waals surface area contributed by atoms with Crippen LogP contribution in [-0.4, -0.2) is 22.6 Å². The van der Waals surface area contributed by atoms with Crippen LogP contribution in [0.3, 0.4) is 0 Å². The Kier molecular flexibility index (Phi) is 9.15. The topological polar surface area (TPSA) is 30.7 Å². The van der Waals surface area contributed by atoms with E-state index in [2.05, 4.69) is 127 Å². The van der Waals surface area contributed by atoms with Gasteiger partial charge in [-0.2, -0.15) is 18.2 Å². The van der Waals surface area contributed by atoms with Gasteiger partial charge in [0.2, 0.25) is 0 Å². The number of nitrogens with zero attached hydrogens (tertiary/aromatic N) is 3. The maximum absolute atomic E-state index is 17.3. The standard InChI is InChI=1S/C51H34FN3SSi.Pd/c1-55-44-24-10-9-22-42(44)54-51(55)35-16-14-15-33(29-35)50(52)34-26-27-47-40(30-34)49(43-23-12-13-28-53-43)41-31-46-39(38-21-8-11-25-45(38)56-46)32-48(41)57(47,36-17-4-2-5-18-36)37-19-6-3-7-20-37;/h2-28,31-32,49-50H,1H3;/q-2;+2. The predicted octanol–water partition coefficient (Wildman–Crippen LogP) is 9.53. The van der Waals surface area contributed by atoms with E-state index in [0.717, 1.165) is 33.7 Å². The molecule has 3 nitrogen and oxygen atoms in total. The number of aromatic nitrogens is 3. The van der Waals surface area contributed by atoms with Gasteiger partial charge in [-0.15, -0.1) is 57.5 Å². The summed E-state index contributed by atoms with van der Waals surface area (Å²) >= 11 is 1.83. The van der Waals surface area contributed by atoms with Crippen molar-refractivity contribution in [3.05, 3.63) is 216 Å². The summed E-state index contributed by atoms with van der Waals surface area (Å²) in [4.78, 5) is 9.90. The molecule has 0 amide bonds. The minimum absolute atomic E-state index is 0. The molecule has 0 spiro atoms. The first-order chi connectivity index (χ1) is 28.1. The molecule has 11 rings (SSSR count). The fourth-order valence-electron chi connectivity index (χ4n) is 9.22. The minimum atomic E-state index is -3.04. The third-order valence-electron chi connectivity index (χ3n) is 11.7. The van der Waals surface area contributed by atoms with Crippen molar-refractivity contribution in [3.8, 4) is 11.4 Å². The van der Waals surface area contributed by atoms with Crippen molar-refractivity contribution in [2.75, 3.05) is 0 Å². The number of imidazole rings is 1. The predicted molar refractivity (Wildman–Crippen MR) is 235 cm³/mol. The largest absolute Gasteiger partial charge is 2.00 e. The Morgan fingerprint density at radius 3 is 2.12 bits per heavy atom. The molecule has 4 heterocycles. The van der Waals surface area contributed by atoms with E-state index in [9.17, 15) is 0 Å². The maximum Gasteiger partial charge on any atom is 2.00 e. The van der Waals surface area contributed by atoms with Gasteiger partial charge in [-0.3, -0.25) is 9.97 Å². The molecular weight excluding hydrogens is 840 g/mol. The molecule has 0 radical (unpaired) electrons. The van der Waals surface area contributed by atoms with E-state index in [1.165, 1.54) is 46.5 Å². The maximum atomic E-state index is 17.3. The van der Waals surface area contributed by atoms with Crippen molar-refractivity contribution in [2.45, 2.75) is 12.1 Å². The first-order valence-electron chi connectivity index (χ1n) is 19.2. The number of halogens is 1. The number of thiophene rings is 1. The molecule has 2 atom stereocenters. The number of pyridine rings is 1. The smallest absolute Gasteiger partial charge is 0.367 e. The van der Waals surface area contributed by atoms with Crippen LogP contribution < -0.4 is 20.7 Å². The van der Waals surface area contributed by atoms with Gasteiger partial charge >= 0.3 is 20.4 Å². The normalized spacial score (nSPS) is 14.8. The summed E-state index contributed by atoms with van der Waals surface area (Å²) in [6, 6.07) is 66.8. The van der Waals surface area contributed by atoms with Gasteiger partial charge in [-0.25, -0.2) is 4.39 Å². The van der Waals surface area contributed by atoms with Gasteiger partial charge in [-0.1, -0.05) is 124 Å². The van der Waals surface area contributed by atoms with E-state index in [1.54, 1.807) is 0 Å². The monoisotopic (exact) mass is 873 g/mol. The van der Waals surface area contributed by atoms with Gasteiger partial charge in [0.1, 0.15) is 14.2 Å². The Morgan fingerprint density at radius 2 is 1.36 bits per heavy atom. The number of alkyl halides is 1. The summed E-state index contributed by atoms with van der Waals surface area (Å²) in [5.41, 5.74) is 6.69. The third-order valence-corrected chi connectivity index (χ3v) is 17.8. The van der Waals surface area contributed by atoms with Crippen LogP contribution in [-0.2, 0) is 27.5 Å². The molecular formula is C51H34FN3PdSSi. The van der Waals surface area contributed by atoms with E-state index in [0.29, 0.717) is 11.1 Å². The van der Waals surface area contributed by atoms with Crippen molar-refractivity contribution >= 4 is 71.4 Å². The van der Waals surface area contributed by atoms with Gasteiger partial charge in [0.25, 0.3) is 0 Å². The van der Waals surface area contributed by atoms with E-state index in [-0.39, 0.29) is 26.3 Å². The molecule has 3 aromatic heterocycles. The van der Waals surface area contributed by atoms with Crippen molar-refractivity contribution in [1.29, 1.82) is 0 Å². The van der Waals surface area contributed by atoms with Crippen LogP contribution >= 0.6 is 11.3 Å². The molecule has 0 fully saturated rings. The van der Waals surface area contributed by atoms with Crippen molar-refractivity contribution in [2.24, 2.45) is 7.05 Å². The zero-order valence-electron chi connectivity index (χ0n) is 31.3. The Bertz CT molecular complexity index is 3090. The number of para-hydroxylation sites is 2. The van der Waals surface area contributed by atoms with E-state index in [4.69, 9.17) is 9.97 Å². The molecule has 1 aliphatic heterocycles. The summed E-state index contributed by atoms with van der Waals surface area (Å²) in [7, 11) is -1.04. The molecule has 10 aromatic rings. The van der Waals surface area contributed by atoms with E-state index < -0.39 is 14.2 Å². The molecule has 2 unspecified atom stereocenters. The van der Waals surface area contributed by atoms with Crippen molar-refractivity contribution in [1.82, 2.24) is 14.5 Å². The van der Waals surface area contributed by atoms with Gasteiger partial charge in [-0.05, 0) is 42.0 Å². The zero-order valence-corrected chi connectivity index (χ0v) is 34.7.